The van der Waals surface area contributed by atoms with E-state index in [0.717, 1.165) is 31.7 Å². The lowest BCUT2D eigenvalue weighted by molar-refractivity contribution is 0.194. The lowest BCUT2D eigenvalue weighted by Gasteiger charge is -2.26. The van der Waals surface area contributed by atoms with Crippen LogP contribution in [0.15, 0.2) is 30.5 Å². The molecule has 1 aromatic carbocycles. The Balaban J connectivity index is 1.85. The van der Waals surface area contributed by atoms with E-state index in [4.69, 9.17) is 0 Å². The molecule has 0 bridgehead atoms. The SMILES string of the molecule is Cc1cccc(/C=C/NC(=O)N2CCNCC2)c1. The fourth-order valence-corrected chi connectivity index (χ4v) is 1.94. The minimum Gasteiger partial charge on any atom is -0.322 e. The van der Waals surface area contributed by atoms with E-state index < -0.39 is 0 Å². The monoisotopic (exact) mass is 245 g/mol. The highest BCUT2D eigenvalue weighted by Gasteiger charge is 2.14. The van der Waals surface area contributed by atoms with Gasteiger partial charge < -0.3 is 15.5 Å². The van der Waals surface area contributed by atoms with Crippen LogP contribution in [0.2, 0.25) is 0 Å². The molecule has 1 heterocycles. The lowest BCUT2D eigenvalue weighted by Crippen LogP contribution is -2.49. The Hall–Kier alpha value is -1.81. The molecule has 4 nitrogen and oxygen atoms in total. The molecule has 0 unspecified atom stereocenters. The zero-order valence-corrected chi connectivity index (χ0v) is 10.6. The number of hydrogen-bond donors (Lipinski definition) is 2. The summed E-state index contributed by atoms with van der Waals surface area (Å²) in [5.74, 6) is 0. The molecule has 0 atom stereocenters. The maximum atomic E-state index is 11.8. The Morgan fingerprint density at radius 2 is 2.17 bits per heavy atom. The summed E-state index contributed by atoms with van der Waals surface area (Å²) < 4.78 is 0. The summed E-state index contributed by atoms with van der Waals surface area (Å²) in [5, 5.41) is 6.02. The third kappa shape index (κ3) is 3.60. The van der Waals surface area contributed by atoms with Gasteiger partial charge >= 0.3 is 6.03 Å². The van der Waals surface area contributed by atoms with Crippen LogP contribution in [0.25, 0.3) is 6.08 Å². The molecular formula is C14H19N3O. The Kier molecular flexibility index (Phi) is 4.36. The van der Waals surface area contributed by atoms with Crippen molar-refractivity contribution in [1.29, 1.82) is 0 Å². The van der Waals surface area contributed by atoms with E-state index in [1.54, 1.807) is 6.20 Å². The molecule has 0 radical (unpaired) electrons. The fourth-order valence-electron chi connectivity index (χ4n) is 1.94. The number of aryl methyl sites for hydroxylation is 1. The quantitative estimate of drug-likeness (QED) is 0.831. The molecule has 2 amide bonds. The van der Waals surface area contributed by atoms with Crippen molar-refractivity contribution in [3.05, 3.63) is 41.6 Å². The smallest absolute Gasteiger partial charge is 0.321 e. The summed E-state index contributed by atoms with van der Waals surface area (Å²) in [5.41, 5.74) is 2.31. The molecule has 1 fully saturated rings. The minimum absolute atomic E-state index is 0.0274. The van der Waals surface area contributed by atoms with Gasteiger partial charge in [0.2, 0.25) is 0 Å². The van der Waals surface area contributed by atoms with Crippen LogP contribution in [0.3, 0.4) is 0 Å². The van der Waals surface area contributed by atoms with Gasteiger partial charge in [-0.1, -0.05) is 29.8 Å². The van der Waals surface area contributed by atoms with Gasteiger partial charge in [-0.05, 0) is 18.6 Å². The molecule has 96 valence electrons. The largest absolute Gasteiger partial charge is 0.322 e. The van der Waals surface area contributed by atoms with E-state index in [1.807, 2.05) is 23.1 Å². The Morgan fingerprint density at radius 3 is 2.89 bits per heavy atom. The Labute approximate surface area is 108 Å². The van der Waals surface area contributed by atoms with Gasteiger partial charge in [-0.2, -0.15) is 0 Å². The first-order chi connectivity index (χ1) is 8.75. The highest BCUT2D eigenvalue weighted by Crippen LogP contribution is 2.05. The number of piperazine rings is 1. The first-order valence-electron chi connectivity index (χ1n) is 6.25. The molecule has 1 aromatic rings. The van der Waals surface area contributed by atoms with Gasteiger partial charge in [-0.25, -0.2) is 4.79 Å². The average molecular weight is 245 g/mol. The molecule has 4 heteroatoms. The second-order valence-corrected chi connectivity index (χ2v) is 4.43. The second kappa shape index (κ2) is 6.21. The molecule has 2 rings (SSSR count). The van der Waals surface area contributed by atoms with Crippen molar-refractivity contribution in [2.45, 2.75) is 6.92 Å². The normalized spacial score (nSPS) is 15.9. The van der Waals surface area contributed by atoms with E-state index >= 15 is 0 Å². The zero-order valence-electron chi connectivity index (χ0n) is 10.6. The predicted molar refractivity (Wildman–Crippen MR) is 73.2 cm³/mol. The minimum atomic E-state index is -0.0274. The summed E-state index contributed by atoms with van der Waals surface area (Å²) in [7, 11) is 0. The summed E-state index contributed by atoms with van der Waals surface area (Å²) in [4.78, 5) is 13.6. The summed E-state index contributed by atoms with van der Waals surface area (Å²) in [6.45, 7) is 5.33. The average Bonchev–Trinajstić information content (AvgIpc) is 2.40. The summed E-state index contributed by atoms with van der Waals surface area (Å²) >= 11 is 0. The summed E-state index contributed by atoms with van der Waals surface area (Å²) in [6.07, 6.45) is 3.62. The number of benzene rings is 1. The van der Waals surface area contributed by atoms with Gasteiger partial charge in [0.25, 0.3) is 0 Å². The first-order valence-corrected chi connectivity index (χ1v) is 6.25. The Morgan fingerprint density at radius 1 is 1.39 bits per heavy atom. The van der Waals surface area contributed by atoms with E-state index in [-0.39, 0.29) is 6.03 Å². The number of carbonyl (C=O) groups excluding carboxylic acids is 1. The van der Waals surface area contributed by atoms with Crippen molar-refractivity contribution in [1.82, 2.24) is 15.5 Å². The van der Waals surface area contributed by atoms with Crippen molar-refractivity contribution in [2.75, 3.05) is 26.2 Å². The van der Waals surface area contributed by atoms with E-state index in [0.29, 0.717) is 0 Å². The van der Waals surface area contributed by atoms with Crippen molar-refractivity contribution in [2.24, 2.45) is 0 Å². The van der Waals surface area contributed by atoms with Gasteiger partial charge in [-0.15, -0.1) is 0 Å². The van der Waals surface area contributed by atoms with Crippen molar-refractivity contribution in [3.8, 4) is 0 Å². The van der Waals surface area contributed by atoms with Gasteiger partial charge in [0, 0.05) is 32.4 Å². The predicted octanol–water partition coefficient (Wildman–Crippen LogP) is 1.58. The van der Waals surface area contributed by atoms with Crippen LogP contribution in [-0.4, -0.2) is 37.1 Å². The fraction of sp³-hybridized carbons (Fsp3) is 0.357. The Bertz CT molecular complexity index is 436. The molecule has 1 aliphatic rings. The second-order valence-electron chi connectivity index (χ2n) is 4.43. The standard InChI is InChI=1S/C14H19N3O/c1-12-3-2-4-13(11-12)5-6-16-14(18)17-9-7-15-8-10-17/h2-6,11,15H,7-10H2,1H3,(H,16,18)/b6-5+. The van der Waals surface area contributed by atoms with Crippen LogP contribution in [0.5, 0.6) is 0 Å². The third-order valence-electron chi connectivity index (χ3n) is 2.93. The van der Waals surface area contributed by atoms with E-state index in [2.05, 4.69) is 29.7 Å². The van der Waals surface area contributed by atoms with Crippen LogP contribution in [0.1, 0.15) is 11.1 Å². The topological polar surface area (TPSA) is 44.4 Å². The highest BCUT2D eigenvalue weighted by molar-refractivity contribution is 5.76. The lowest BCUT2D eigenvalue weighted by atomic mass is 10.1. The van der Waals surface area contributed by atoms with Crippen LogP contribution in [0, 0.1) is 6.92 Å². The number of nitrogens with zero attached hydrogens (tertiary/aromatic N) is 1. The number of urea groups is 1. The third-order valence-corrected chi connectivity index (χ3v) is 2.93. The van der Waals surface area contributed by atoms with Gasteiger partial charge in [-0.3, -0.25) is 0 Å². The van der Waals surface area contributed by atoms with Gasteiger partial charge in [0.05, 0.1) is 0 Å². The van der Waals surface area contributed by atoms with Crippen LogP contribution in [0.4, 0.5) is 4.79 Å². The first kappa shape index (κ1) is 12.6. The van der Waals surface area contributed by atoms with Gasteiger partial charge in [0.15, 0.2) is 0 Å². The molecule has 0 saturated carbocycles. The molecular weight excluding hydrogens is 226 g/mol. The molecule has 0 aromatic heterocycles. The van der Waals surface area contributed by atoms with E-state index in [1.165, 1.54) is 5.56 Å². The molecule has 18 heavy (non-hydrogen) atoms. The molecule has 0 aliphatic carbocycles. The molecule has 0 spiro atoms. The zero-order chi connectivity index (χ0) is 12.8. The van der Waals surface area contributed by atoms with Crippen molar-refractivity contribution >= 4 is 12.1 Å². The summed E-state index contributed by atoms with van der Waals surface area (Å²) in [6, 6.07) is 8.12. The molecule has 2 N–H and O–H groups in total. The van der Waals surface area contributed by atoms with Crippen LogP contribution < -0.4 is 10.6 Å². The van der Waals surface area contributed by atoms with Gasteiger partial charge in [0.1, 0.15) is 0 Å². The van der Waals surface area contributed by atoms with E-state index in [9.17, 15) is 4.79 Å². The highest BCUT2D eigenvalue weighted by atomic mass is 16.2. The number of hydrogen-bond acceptors (Lipinski definition) is 2. The maximum absolute atomic E-state index is 11.8. The number of carbonyl (C=O) groups is 1. The number of nitrogens with one attached hydrogen (secondary N) is 2. The van der Waals surface area contributed by atoms with Crippen LogP contribution >= 0.6 is 0 Å². The molecule has 1 saturated heterocycles. The van der Waals surface area contributed by atoms with Crippen LogP contribution in [-0.2, 0) is 0 Å². The van der Waals surface area contributed by atoms with Crippen molar-refractivity contribution < 1.29 is 4.79 Å². The number of amides is 2. The number of rotatable bonds is 2. The molecule has 1 aliphatic heterocycles. The van der Waals surface area contributed by atoms with Crippen molar-refractivity contribution in [3.63, 3.8) is 0 Å². The maximum Gasteiger partial charge on any atom is 0.321 e.